The molecule has 0 radical (unpaired) electrons. The zero-order valence-corrected chi connectivity index (χ0v) is 12.4. The van der Waals surface area contributed by atoms with Crippen molar-refractivity contribution in [1.82, 2.24) is 5.32 Å². The van der Waals surface area contributed by atoms with E-state index in [4.69, 9.17) is 4.74 Å². The number of hydrogen-bond donors (Lipinski definition) is 1. The molecule has 0 heterocycles. The van der Waals surface area contributed by atoms with Gasteiger partial charge in [0.2, 0.25) is 0 Å². The minimum Gasteiger partial charge on any atom is -0.494 e. The van der Waals surface area contributed by atoms with Gasteiger partial charge in [-0.25, -0.2) is 0 Å². The number of ether oxygens (including phenoxy) is 1. The molecule has 0 saturated carbocycles. The van der Waals surface area contributed by atoms with Crippen molar-refractivity contribution in [2.24, 2.45) is 0 Å². The maximum atomic E-state index is 5.69. The van der Waals surface area contributed by atoms with E-state index in [1.807, 2.05) is 12.1 Å². The number of nitrogens with one attached hydrogen (secondary N) is 1. The summed E-state index contributed by atoms with van der Waals surface area (Å²) >= 11 is 0. The Morgan fingerprint density at radius 2 is 1.45 bits per heavy atom. The van der Waals surface area contributed by atoms with Gasteiger partial charge in [-0.05, 0) is 44.5 Å². The van der Waals surface area contributed by atoms with Gasteiger partial charge in [-0.2, -0.15) is 0 Å². The van der Waals surface area contributed by atoms with E-state index in [1.165, 1.54) is 16.7 Å². The molecule has 106 valence electrons. The van der Waals surface area contributed by atoms with Crippen molar-refractivity contribution >= 4 is 0 Å². The normalized spacial score (nSPS) is 10.5. The molecule has 0 unspecified atom stereocenters. The molecule has 0 spiro atoms. The van der Waals surface area contributed by atoms with E-state index in [0.29, 0.717) is 0 Å². The van der Waals surface area contributed by atoms with Crippen LogP contribution in [0.3, 0.4) is 0 Å². The van der Waals surface area contributed by atoms with E-state index in [9.17, 15) is 0 Å². The van der Waals surface area contributed by atoms with Crippen molar-refractivity contribution in [3.05, 3.63) is 65.2 Å². The van der Waals surface area contributed by atoms with Crippen molar-refractivity contribution in [3.63, 3.8) is 0 Å². The number of benzene rings is 2. The third kappa shape index (κ3) is 5.06. The van der Waals surface area contributed by atoms with Gasteiger partial charge in [-0.1, -0.05) is 47.5 Å². The Morgan fingerprint density at radius 1 is 0.850 bits per heavy atom. The van der Waals surface area contributed by atoms with Crippen LogP contribution in [0.5, 0.6) is 5.75 Å². The highest BCUT2D eigenvalue weighted by atomic mass is 16.5. The maximum absolute atomic E-state index is 5.69. The van der Waals surface area contributed by atoms with Crippen LogP contribution in [0.25, 0.3) is 0 Å². The van der Waals surface area contributed by atoms with E-state index in [-0.39, 0.29) is 0 Å². The highest BCUT2D eigenvalue weighted by molar-refractivity contribution is 5.26. The van der Waals surface area contributed by atoms with Gasteiger partial charge in [0.25, 0.3) is 0 Å². The summed E-state index contributed by atoms with van der Waals surface area (Å²) in [6.07, 6.45) is 1.01. The Bertz CT molecular complexity index is 452. The van der Waals surface area contributed by atoms with Gasteiger partial charge in [0.05, 0.1) is 6.61 Å². The van der Waals surface area contributed by atoms with Gasteiger partial charge in [0.15, 0.2) is 0 Å². The molecule has 2 nitrogen and oxygen atoms in total. The van der Waals surface area contributed by atoms with Crippen LogP contribution in [0.15, 0.2) is 48.5 Å². The summed E-state index contributed by atoms with van der Waals surface area (Å²) in [6, 6.07) is 16.8. The summed E-state index contributed by atoms with van der Waals surface area (Å²) in [5, 5.41) is 3.44. The van der Waals surface area contributed by atoms with Crippen LogP contribution < -0.4 is 10.1 Å². The van der Waals surface area contributed by atoms with Gasteiger partial charge in [0, 0.05) is 6.54 Å². The van der Waals surface area contributed by atoms with Gasteiger partial charge in [-0.3, -0.25) is 0 Å². The maximum Gasteiger partial charge on any atom is 0.119 e. The number of rotatable bonds is 7. The second-order valence-corrected chi connectivity index (χ2v) is 5.18. The molecule has 20 heavy (non-hydrogen) atoms. The lowest BCUT2D eigenvalue weighted by molar-refractivity contribution is 0.308. The standard InChI is InChI=1S/C18H23NO/c1-15-4-8-17(9-5-15)14-19-12-3-13-20-18-10-6-16(2)7-11-18/h4-11,19H,3,12-14H2,1-2H3. The first-order valence-electron chi connectivity index (χ1n) is 7.20. The van der Waals surface area contributed by atoms with Gasteiger partial charge < -0.3 is 10.1 Å². The van der Waals surface area contributed by atoms with E-state index in [1.54, 1.807) is 0 Å². The molecule has 0 fully saturated rings. The fourth-order valence-electron chi connectivity index (χ4n) is 1.96. The van der Waals surface area contributed by atoms with Gasteiger partial charge >= 0.3 is 0 Å². The molecule has 0 amide bonds. The topological polar surface area (TPSA) is 21.3 Å². The predicted octanol–water partition coefficient (Wildman–Crippen LogP) is 3.86. The molecule has 2 aromatic carbocycles. The Kier molecular flexibility index (Phi) is 5.63. The molecule has 0 aliphatic heterocycles. The highest BCUT2D eigenvalue weighted by Gasteiger charge is 1.95. The quantitative estimate of drug-likeness (QED) is 0.771. The average molecular weight is 269 g/mol. The first kappa shape index (κ1) is 14.6. The molecule has 0 aliphatic carbocycles. The summed E-state index contributed by atoms with van der Waals surface area (Å²) in [5.41, 5.74) is 3.90. The third-order valence-corrected chi connectivity index (χ3v) is 3.24. The van der Waals surface area contributed by atoms with Crippen LogP contribution in [-0.4, -0.2) is 13.2 Å². The van der Waals surface area contributed by atoms with E-state index in [2.05, 4.69) is 55.6 Å². The van der Waals surface area contributed by atoms with Crippen LogP contribution in [0.2, 0.25) is 0 Å². The zero-order valence-electron chi connectivity index (χ0n) is 12.4. The summed E-state index contributed by atoms with van der Waals surface area (Å²) in [7, 11) is 0. The Hall–Kier alpha value is -1.80. The third-order valence-electron chi connectivity index (χ3n) is 3.24. The lowest BCUT2D eigenvalue weighted by Gasteiger charge is -2.08. The Morgan fingerprint density at radius 3 is 2.10 bits per heavy atom. The molecule has 0 aromatic heterocycles. The molecule has 2 rings (SSSR count). The fraction of sp³-hybridized carbons (Fsp3) is 0.333. The minimum atomic E-state index is 0.754. The van der Waals surface area contributed by atoms with Crippen molar-refractivity contribution < 1.29 is 4.74 Å². The zero-order chi connectivity index (χ0) is 14.2. The minimum absolute atomic E-state index is 0.754. The van der Waals surface area contributed by atoms with Crippen molar-refractivity contribution in [2.45, 2.75) is 26.8 Å². The van der Waals surface area contributed by atoms with E-state index in [0.717, 1.165) is 31.9 Å². The van der Waals surface area contributed by atoms with E-state index < -0.39 is 0 Å². The molecule has 0 bridgehead atoms. The summed E-state index contributed by atoms with van der Waals surface area (Å²) in [4.78, 5) is 0. The average Bonchev–Trinajstić information content (AvgIpc) is 2.46. The first-order valence-corrected chi connectivity index (χ1v) is 7.20. The summed E-state index contributed by atoms with van der Waals surface area (Å²) < 4.78 is 5.69. The molecule has 0 aliphatic rings. The largest absolute Gasteiger partial charge is 0.494 e. The Balaban J connectivity index is 1.57. The molecule has 0 atom stereocenters. The van der Waals surface area contributed by atoms with E-state index >= 15 is 0 Å². The van der Waals surface area contributed by atoms with Crippen molar-refractivity contribution in [2.75, 3.05) is 13.2 Å². The van der Waals surface area contributed by atoms with Crippen molar-refractivity contribution in [1.29, 1.82) is 0 Å². The smallest absolute Gasteiger partial charge is 0.119 e. The second-order valence-electron chi connectivity index (χ2n) is 5.18. The van der Waals surface area contributed by atoms with Crippen LogP contribution in [0.1, 0.15) is 23.1 Å². The summed E-state index contributed by atoms with van der Waals surface area (Å²) in [6.45, 7) is 6.84. The van der Waals surface area contributed by atoms with Crippen LogP contribution in [0.4, 0.5) is 0 Å². The lowest BCUT2D eigenvalue weighted by atomic mass is 10.1. The predicted molar refractivity (Wildman–Crippen MR) is 84.2 cm³/mol. The highest BCUT2D eigenvalue weighted by Crippen LogP contribution is 2.11. The molecule has 2 heteroatoms. The molecule has 2 aromatic rings. The van der Waals surface area contributed by atoms with Crippen LogP contribution in [-0.2, 0) is 6.54 Å². The SMILES string of the molecule is Cc1ccc(CNCCCOc2ccc(C)cc2)cc1. The number of aryl methyl sites for hydroxylation is 2. The molecular weight excluding hydrogens is 246 g/mol. The van der Waals surface area contributed by atoms with Crippen LogP contribution in [0, 0.1) is 13.8 Å². The fourth-order valence-corrected chi connectivity index (χ4v) is 1.96. The van der Waals surface area contributed by atoms with Crippen molar-refractivity contribution in [3.8, 4) is 5.75 Å². The molecule has 1 N–H and O–H groups in total. The molecule has 0 saturated heterocycles. The summed E-state index contributed by atoms with van der Waals surface area (Å²) in [5.74, 6) is 0.953. The first-order chi connectivity index (χ1) is 9.74. The Labute approximate surface area is 121 Å². The monoisotopic (exact) mass is 269 g/mol. The second kappa shape index (κ2) is 7.71. The van der Waals surface area contributed by atoms with Crippen LogP contribution >= 0.6 is 0 Å². The lowest BCUT2D eigenvalue weighted by Crippen LogP contribution is -2.17. The number of hydrogen-bond acceptors (Lipinski definition) is 2. The van der Waals surface area contributed by atoms with Gasteiger partial charge in [0.1, 0.15) is 5.75 Å². The van der Waals surface area contributed by atoms with Gasteiger partial charge in [-0.15, -0.1) is 0 Å². The molecular formula is C18H23NO.